The fourth-order valence-electron chi connectivity index (χ4n) is 1.85. The van der Waals surface area contributed by atoms with Crippen LogP contribution in [-0.2, 0) is 4.74 Å². The molecule has 1 fully saturated rings. The average Bonchev–Trinajstić information content (AvgIpc) is 2.78. The molecular formula is C14H16O2. The van der Waals surface area contributed by atoms with E-state index in [2.05, 4.69) is 11.8 Å². The van der Waals surface area contributed by atoms with Crippen molar-refractivity contribution in [3.63, 3.8) is 0 Å². The Kier molecular flexibility index (Phi) is 3.98. The first-order valence-electron chi connectivity index (χ1n) is 5.68. The quantitative estimate of drug-likeness (QED) is 0.766. The molecule has 0 aromatic heterocycles. The summed E-state index contributed by atoms with van der Waals surface area (Å²) in [6.07, 6.45) is 2.95. The fraction of sp³-hybridized carbons (Fsp3) is 0.429. The third-order valence-corrected chi connectivity index (χ3v) is 2.74. The lowest BCUT2D eigenvalue weighted by Crippen LogP contribution is -2.13. The summed E-state index contributed by atoms with van der Waals surface area (Å²) in [5, 5.41) is 8.93. The zero-order valence-electron chi connectivity index (χ0n) is 9.23. The van der Waals surface area contributed by atoms with Gasteiger partial charge in [0.25, 0.3) is 0 Å². The van der Waals surface area contributed by atoms with Crippen LogP contribution < -0.4 is 0 Å². The molecule has 2 rings (SSSR count). The zero-order chi connectivity index (χ0) is 11.2. The topological polar surface area (TPSA) is 29.5 Å². The van der Waals surface area contributed by atoms with Crippen molar-refractivity contribution in [3.05, 3.63) is 35.9 Å². The summed E-state index contributed by atoms with van der Waals surface area (Å²) < 4.78 is 5.60. The highest BCUT2D eigenvalue weighted by Crippen LogP contribution is 2.21. The number of aliphatic hydroxyl groups excluding tert-OH is 1. The van der Waals surface area contributed by atoms with Crippen molar-refractivity contribution < 1.29 is 9.84 Å². The summed E-state index contributed by atoms with van der Waals surface area (Å²) in [7, 11) is 0. The zero-order valence-corrected chi connectivity index (χ0v) is 9.23. The molecule has 0 radical (unpaired) electrons. The third kappa shape index (κ3) is 3.10. The van der Waals surface area contributed by atoms with E-state index in [0.29, 0.717) is 0 Å². The molecule has 0 saturated carbocycles. The van der Waals surface area contributed by atoms with E-state index in [9.17, 15) is 0 Å². The molecule has 1 heterocycles. The standard InChI is InChI=1S/C14H16O2/c15-11-14-10-9-13(16-14)8-4-7-12-5-2-1-3-6-12/h1-3,5-6,13-15H,8-11H2/t13-,14-/m0/s1. The minimum Gasteiger partial charge on any atom is -0.394 e. The van der Waals surface area contributed by atoms with E-state index in [1.807, 2.05) is 30.3 Å². The van der Waals surface area contributed by atoms with Crippen LogP contribution in [0.3, 0.4) is 0 Å². The van der Waals surface area contributed by atoms with Gasteiger partial charge in [-0.25, -0.2) is 0 Å². The van der Waals surface area contributed by atoms with Crippen molar-refractivity contribution >= 4 is 0 Å². The Morgan fingerprint density at radius 2 is 1.94 bits per heavy atom. The lowest BCUT2D eigenvalue weighted by atomic mass is 10.1. The molecule has 2 atom stereocenters. The highest BCUT2D eigenvalue weighted by atomic mass is 16.5. The number of ether oxygens (including phenoxy) is 1. The predicted octanol–water partition coefficient (Wildman–Crippen LogP) is 1.97. The maximum Gasteiger partial charge on any atom is 0.0810 e. The van der Waals surface area contributed by atoms with Gasteiger partial charge < -0.3 is 9.84 Å². The summed E-state index contributed by atoms with van der Waals surface area (Å²) in [4.78, 5) is 0. The van der Waals surface area contributed by atoms with Crippen molar-refractivity contribution in [2.45, 2.75) is 31.5 Å². The second kappa shape index (κ2) is 5.69. The first-order valence-corrected chi connectivity index (χ1v) is 5.68. The van der Waals surface area contributed by atoms with Crippen LogP contribution in [0.2, 0.25) is 0 Å². The molecule has 1 aromatic rings. The molecule has 16 heavy (non-hydrogen) atoms. The molecular weight excluding hydrogens is 200 g/mol. The van der Waals surface area contributed by atoms with E-state index < -0.39 is 0 Å². The largest absolute Gasteiger partial charge is 0.394 e. The van der Waals surface area contributed by atoms with Crippen molar-refractivity contribution in [3.8, 4) is 11.8 Å². The van der Waals surface area contributed by atoms with Crippen molar-refractivity contribution in [1.82, 2.24) is 0 Å². The number of benzene rings is 1. The van der Waals surface area contributed by atoms with Crippen molar-refractivity contribution in [2.24, 2.45) is 0 Å². The van der Waals surface area contributed by atoms with Gasteiger partial charge >= 0.3 is 0 Å². The Balaban J connectivity index is 1.82. The van der Waals surface area contributed by atoms with Crippen LogP contribution in [0.15, 0.2) is 30.3 Å². The Labute approximate surface area is 96.3 Å². The van der Waals surface area contributed by atoms with Crippen molar-refractivity contribution in [2.75, 3.05) is 6.61 Å². The molecule has 84 valence electrons. The van der Waals surface area contributed by atoms with E-state index in [1.165, 1.54) is 0 Å². The minimum atomic E-state index is 0.0310. The molecule has 0 spiro atoms. The second-order valence-corrected chi connectivity index (χ2v) is 4.01. The summed E-state index contributed by atoms with van der Waals surface area (Å²) in [6, 6.07) is 9.95. The van der Waals surface area contributed by atoms with Crippen LogP contribution >= 0.6 is 0 Å². The Morgan fingerprint density at radius 1 is 1.19 bits per heavy atom. The summed E-state index contributed by atoms with van der Waals surface area (Å²) in [5.74, 6) is 6.24. The first-order chi connectivity index (χ1) is 7.88. The molecule has 2 heteroatoms. The highest BCUT2D eigenvalue weighted by Gasteiger charge is 2.23. The van der Waals surface area contributed by atoms with Gasteiger partial charge in [0.2, 0.25) is 0 Å². The third-order valence-electron chi connectivity index (χ3n) is 2.74. The number of rotatable bonds is 2. The molecule has 1 saturated heterocycles. The molecule has 0 aliphatic carbocycles. The first kappa shape index (κ1) is 11.2. The van der Waals surface area contributed by atoms with Gasteiger partial charge in [0.15, 0.2) is 0 Å². The molecule has 0 unspecified atom stereocenters. The predicted molar refractivity (Wildman–Crippen MR) is 62.9 cm³/mol. The number of aliphatic hydroxyl groups is 1. The summed E-state index contributed by atoms with van der Waals surface area (Å²) >= 11 is 0. The van der Waals surface area contributed by atoms with E-state index in [-0.39, 0.29) is 18.8 Å². The van der Waals surface area contributed by atoms with Crippen molar-refractivity contribution in [1.29, 1.82) is 0 Å². The fourth-order valence-corrected chi connectivity index (χ4v) is 1.85. The maximum absolute atomic E-state index is 8.93. The maximum atomic E-state index is 8.93. The van der Waals surface area contributed by atoms with Crippen LogP contribution in [0.4, 0.5) is 0 Å². The molecule has 1 aliphatic rings. The summed E-state index contributed by atoms with van der Waals surface area (Å²) in [6.45, 7) is 0.128. The lowest BCUT2D eigenvalue weighted by Gasteiger charge is -2.08. The Morgan fingerprint density at radius 3 is 2.62 bits per heavy atom. The molecule has 1 N–H and O–H groups in total. The van der Waals surface area contributed by atoms with Gasteiger partial charge in [-0.15, -0.1) is 0 Å². The van der Waals surface area contributed by atoms with Gasteiger partial charge in [-0.1, -0.05) is 30.0 Å². The van der Waals surface area contributed by atoms with Gasteiger partial charge in [0.05, 0.1) is 18.8 Å². The van der Waals surface area contributed by atoms with Gasteiger partial charge in [-0.3, -0.25) is 0 Å². The van der Waals surface area contributed by atoms with Crippen LogP contribution in [-0.4, -0.2) is 23.9 Å². The minimum absolute atomic E-state index is 0.0310. The SMILES string of the molecule is OC[C@@H]1CC[C@H](CC#Cc2ccccc2)O1. The monoisotopic (exact) mass is 216 g/mol. The number of hydrogen-bond donors (Lipinski definition) is 1. The molecule has 1 aromatic carbocycles. The van der Waals surface area contributed by atoms with E-state index >= 15 is 0 Å². The molecule has 2 nitrogen and oxygen atoms in total. The van der Waals surface area contributed by atoms with Gasteiger partial charge in [-0.05, 0) is 25.0 Å². The van der Waals surface area contributed by atoms with E-state index in [4.69, 9.17) is 9.84 Å². The van der Waals surface area contributed by atoms with Crippen LogP contribution in [0, 0.1) is 11.8 Å². The normalized spacial score (nSPS) is 23.8. The van der Waals surface area contributed by atoms with Gasteiger partial charge in [-0.2, -0.15) is 0 Å². The van der Waals surface area contributed by atoms with Crippen LogP contribution in [0.25, 0.3) is 0 Å². The number of hydrogen-bond acceptors (Lipinski definition) is 2. The molecule has 1 aliphatic heterocycles. The van der Waals surface area contributed by atoms with Crippen LogP contribution in [0.1, 0.15) is 24.8 Å². The Bertz CT molecular complexity index is 375. The average molecular weight is 216 g/mol. The highest BCUT2D eigenvalue weighted by molar-refractivity contribution is 5.33. The molecule has 0 amide bonds. The summed E-state index contributed by atoms with van der Waals surface area (Å²) in [5.41, 5.74) is 1.04. The molecule has 0 bridgehead atoms. The van der Waals surface area contributed by atoms with Gasteiger partial charge in [0.1, 0.15) is 0 Å². The van der Waals surface area contributed by atoms with E-state index in [1.54, 1.807) is 0 Å². The Hall–Kier alpha value is -1.30. The van der Waals surface area contributed by atoms with Gasteiger partial charge in [0, 0.05) is 12.0 Å². The lowest BCUT2D eigenvalue weighted by molar-refractivity contribution is 0.0142. The van der Waals surface area contributed by atoms with E-state index in [0.717, 1.165) is 24.8 Å². The second-order valence-electron chi connectivity index (χ2n) is 4.01. The van der Waals surface area contributed by atoms with Crippen LogP contribution in [0.5, 0.6) is 0 Å². The smallest absolute Gasteiger partial charge is 0.0810 e.